The number of hydrogen-bond acceptors (Lipinski definition) is 4. The molecule has 5 nitrogen and oxygen atoms in total. The third-order valence-corrected chi connectivity index (χ3v) is 4.80. The molecule has 1 aromatic carbocycles. The van der Waals surface area contributed by atoms with Gasteiger partial charge in [-0.2, -0.15) is 0 Å². The van der Waals surface area contributed by atoms with Crippen molar-refractivity contribution >= 4 is 15.7 Å². The molecule has 0 fully saturated rings. The van der Waals surface area contributed by atoms with Gasteiger partial charge in [-0.1, -0.05) is 18.2 Å². The van der Waals surface area contributed by atoms with Gasteiger partial charge in [0.1, 0.15) is 0 Å². The van der Waals surface area contributed by atoms with Crippen molar-refractivity contribution in [1.29, 1.82) is 0 Å². The van der Waals surface area contributed by atoms with Gasteiger partial charge in [-0.05, 0) is 25.0 Å². The molecule has 0 aromatic heterocycles. The fourth-order valence-corrected chi connectivity index (χ4v) is 3.30. The Morgan fingerprint density at radius 1 is 1.40 bits per heavy atom. The summed E-state index contributed by atoms with van der Waals surface area (Å²) >= 11 is 0. The smallest absolute Gasteiger partial charge is 0.213 e. The molecule has 1 unspecified atom stereocenters. The Kier molecular flexibility index (Phi) is 5.39. The second-order valence-corrected chi connectivity index (χ2v) is 6.79. The summed E-state index contributed by atoms with van der Waals surface area (Å²) in [6.07, 6.45) is 0.803. The van der Waals surface area contributed by atoms with Gasteiger partial charge in [-0.3, -0.25) is 0 Å². The molecule has 0 amide bonds. The molecule has 1 aliphatic heterocycles. The Balaban J connectivity index is 1.77. The van der Waals surface area contributed by atoms with Crippen LogP contribution in [0.4, 0.5) is 5.69 Å². The lowest BCUT2D eigenvalue weighted by Crippen LogP contribution is -2.30. The Morgan fingerprint density at radius 2 is 2.20 bits per heavy atom. The average molecular weight is 298 g/mol. The normalized spacial score (nSPS) is 17.8. The summed E-state index contributed by atoms with van der Waals surface area (Å²) in [5.41, 5.74) is 2.44. The molecule has 2 rings (SSSR count). The number of benzene rings is 1. The van der Waals surface area contributed by atoms with Crippen molar-refractivity contribution in [3.63, 3.8) is 0 Å². The van der Waals surface area contributed by atoms with Crippen LogP contribution in [0.5, 0.6) is 0 Å². The Hall–Kier alpha value is -1.11. The van der Waals surface area contributed by atoms with Gasteiger partial charge < -0.3 is 10.1 Å². The topological polar surface area (TPSA) is 67.4 Å². The molecule has 0 spiro atoms. The Labute approximate surface area is 120 Å². The Morgan fingerprint density at radius 3 is 3.00 bits per heavy atom. The molecular weight excluding hydrogens is 276 g/mol. The van der Waals surface area contributed by atoms with Crippen molar-refractivity contribution in [1.82, 2.24) is 4.72 Å². The fraction of sp³-hybridized carbons (Fsp3) is 0.571. The minimum atomic E-state index is -3.22. The highest BCUT2D eigenvalue weighted by atomic mass is 32.2. The van der Waals surface area contributed by atoms with E-state index in [9.17, 15) is 8.42 Å². The zero-order valence-corrected chi connectivity index (χ0v) is 12.6. The van der Waals surface area contributed by atoms with E-state index in [-0.39, 0.29) is 12.4 Å². The average Bonchev–Trinajstić information content (AvgIpc) is 2.82. The zero-order valence-electron chi connectivity index (χ0n) is 11.8. The minimum absolute atomic E-state index is 0.0281. The SMILES string of the molecule is CCOCCS(=O)(=O)NCCC1CNc2ccccc21. The summed E-state index contributed by atoms with van der Waals surface area (Å²) in [6, 6.07) is 8.18. The van der Waals surface area contributed by atoms with Crippen LogP contribution in [0.15, 0.2) is 24.3 Å². The molecule has 1 aliphatic rings. The quantitative estimate of drug-likeness (QED) is 0.715. The first-order valence-electron chi connectivity index (χ1n) is 7.00. The summed E-state index contributed by atoms with van der Waals surface area (Å²) in [7, 11) is -3.22. The number of sulfonamides is 1. The first kappa shape index (κ1) is 15.3. The summed E-state index contributed by atoms with van der Waals surface area (Å²) in [4.78, 5) is 0. The highest BCUT2D eigenvalue weighted by Gasteiger charge is 2.21. The lowest BCUT2D eigenvalue weighted by molar-refractivity contribution is 0.163. The van der Waals surface area contributed by atoms with Crippen molar-refractivity contribution in [2.24, 2.45) is 0 Å². The van der Waals surface area contributed by atoms with E-state index in [1.165, 1.54) is 5.56 Å². The van der Waals surface area contributed by atoms with Crippen LogP contribution >= 0.6 is 0 Å². The Bertz CT molecular complexity index is 531. The molecule has 6 heteroatoms. The number of hydrogen-bond donors (Lipinski definition) is 2. The van der Waals surface area contributed by atoms with E-state index in [1.807, 2.05) is 19.1 Å². The van der Waals surface area contributed by atoms with Crippen LogP contribution in [0.3, 0.4) is 0 Å². The number of para-hydroxylation sites is 1. The van der Waals surface area contributed by atoms with E-state index in [4.69, 9.17) is 4.74 Å². The molecule has 1 heterocycles. The summed E-state index contributed by atoms with van der Waals surface area (Å²) in [5, 5.41) is 3.34. The van der Waals surface area contributed by atoms with Crippen LogP contribution in [0.25, 0.3) is 0 Å². The van der Waals surface area contributed by atoms with Gasteiger partial charge in [0.2, 0.25) is 10.0 Å². The van der Waals surface area contributed by atoms with Gasteiger partial charge in [0.25, 0.3) is 0 Å². The highest BCUT2D eigenvalue weighted by molar-refractivity contribution is 7.89. The molecule has 0 bridgehead atoms. The molecular formula is C14H22N2O3S. The number of anilines is 1. The van der Waals surface area contributed by atoms with Crippen LogP contribution in [0, 0.1) is 0 Å². The molecule has 0 aliphatic carbocycles. The van der Waals surface area contributed by atoms with Gasteiger partial charge in [0.15, 0.2) is 0 Å². The monoisotopic (exact) mass is 298 g/mol. The number of fused-ring (bicyclic) bond motifs is 1. The second kappa shape index (κ2) is 7.06. The van der Waals surface area contributed by atoms with Crippen molar-refractivity contribution in [2.45, 2.75) is 19.3 Å². The maximum absolute atomic E-state index is 11.7. The molecule has 1 aromatic rings. The molecule has 0 saturated heterocycles. The molecule has 0 saturated carbocycles. The van der Waals surface area contributed by atoms with Gasteiger partial charge >= 0.3 is 0 Å². The molecule has 20 heavy (non-hydrogen) atoms. The van der Waals surface area contributed by atoms with E-state index in [0.29, 0.717) is 19.1 Å². The molecule has 2 N–H and O–H groups in total. The van der Waals surface area contributed by atoms with E-state index in [2.05, 4.69) is 22.2 Å². The molecule has 112 valence electrons. The maximum Gasteiger partial charge on any atom is 0.213 e. The summed E-state index contributed by atoms with van der Waals surface area (Å²) < 4.78 is 31.1. The molecule has 1 atom stereocenters. The standard InChI is InChI=1S/C14H22N2O3S/c1-2-19-9-10-20(17,18)16-8-7-12-11-15-14-6-4-3-5-13(12)14/h3-6,12,15-16H,2,7-11H2,1H3. The van der Waals surface area contributed by atoms with E-state index >= 15 is 0 Å². The van der Waals surface area contributed by atoms with Crippen LogP contribution in [0.1, 0.15) is 24.8 Å². The second-order valence-electron chi connectivity index (χ2n) is 4.86. The van der Waals surface area contributed by atoms with Crippen molar-refractivity contribution in [2.75, 3.05) is 37.4 Å². The fourth-order valence-electron chi connectivity index (χ4n) is 2.39. The number of ether oxygens (including phenoxy) is 1. The third-order valence-electron chi connectivity index (χ3n) is 3.45. The van der Waals surface area contributed by atoms with E-state index < -0.39 is 10.0 Å². The van der Waals surface area contributed by atoms with Crippen LogP contribution < -0.4 is 10.0 Å². The maximum atomic E-state index is 11.7. The largest absolute Gasteiger partial charge is 0.384 e. The molecule has 0 radical (unpaired) electrons. The van der Waals surface area contributed by atoms with Gasteiger partial charge in [-0.25, -0.2) is 13.1 Å². The zero-order chi connectivity index (χ0) is 14.4. The predicted octanol–water partition coefficient (Wildman–Crippen LogP) is 1.54. The van der Waals surface area contributed by atoms with Gasteiger partial charge in [-0.15, -0.1) is 0 Å². The van der Waals surface area contributed by atoms with Crippen LogP contribution in [0.2, 0.25) is 0 Å². The highest BCUT2D eigenvalue weighted by Crippen LogP contribution is 2.32. The lowest BCUT2D eigenvalue weighted by Gasteiger charge is -2.11. The minimum Gasteiger partial charge on any atom is -0.384 e. The van der Waals surface area contributed by atoms with Crippen molar-refractivity contribution < 1.29 is 13.2 Å². The first-order valence-corrected chi connectivity index (χ1v) is 8.65. The number of rotatable bonds is 8. The third kappa shape index (κ3) is 4.19. The summed E-state index contributed by atoms with van der Waals surface area (Å²) in [5.74, 6) is 0.404. The van der Waals surface area contributed by atoms with Gasteiger partial charge in [0, 0.05) is 31.3 Å². The first-order chi connectivity index (χ1) is 9.62. The lowest BCUT2D eigenvalue weighted by atomic mass is 9.98. The van der Waals surface area contributed by atoms with Crippen LogP contribution in [-0.4, -0.2) is 40.5 Å². The predicted molar refractivity (Wildman–Crippen MR) is 80.6 cm³/mol. The van der Waals surface area contributed by atoms with Crippen molar-refractivity contribution in [3.05, 3.63) is 29.8 Å². The van der Waals surface area contributed by atoms with Crippen LogP contribution in [-0.2, 0) is 14.8 Å². The summed E-state index contributed by atoms with van der Waals surface area (Å²) in [6.45, 7) is 3.99. The van der Waals surface area contributed by atoms with Crippen molar-refractivity contribution in [3.8, 4) is 0 Å². The van der Waals surface area contributed by atoms with E-state index in [0.717, 1.165) is 18.7 Å². The van der Waals surface area contributed by atoms with Gasteiger partial charge in [0.05, 0.1) is 12.4 Å². The van der Waals surface area contributed by atoms with E-state index in [1.54, 1.807) is 0 Å². The number of nitrogens with one attached hydrogen (secondary N) is 2.